The number of rotatable bonds is 9. The maximum Gasteiger partial charge on any atom is 0.416 e. The van der Waals surface area contributed by atoms with Gasteiger partial charge in [-0.1, -0.05) is 24.3 Å². The molecule has 11 heteroatoms. The summed E-state index contributed by atoms with van der Waals surface area (Å²) in [6, 6.07) is 9.17. The van der Waals surface area contributed by atoms with E-state index in [-0.39, 0.29) is 30.0 Å². The molecule has 0 aromatic heterocycles. The monoisotopic (exact) mass is 551 g/mol. The molecule has 2 bridgehead atoms. The van der Waals surface area contributed by atoms with Crippen molar-refractivity contribution in [3.63, 3.8) is 0 Å². The predicted octanol–water partition coefficient (Wildman–Crippen LogP) is 4.36. The van der Waals surface area contributed by atoms with Crippen molar-refractivity contribution in [2.75, 3.05) is 19.6 Å². The van der Waals surface area contributed by atoms with Crippen molar-refractivity contribution in [1.82, 2.24) is 9.80 Å². The summed E-state index contributed by atoms with van der Waals surface area (Å²) in [5.74, 6) is -0.842. The molecule has 6 rings (SSSR count). The van der Waals surface area contributed by atoms with Gasteiger partial charge in [-0.3, -0.25) is 9.59 Å². The van der Waals surface area contributed by atoms with E-state index in [1.165, 1.54) is 24.3 Å². The highest BCUT2D eigenvalue weighted by Gasteiger charge is 2.56. The Bertz CT molecular complexity index is 1190. The molecule has 1 aliphatic carbocycles. The lowest BCUT2D eigenvalue weighted by atomic mass is 9.80. The standard InChI is InChI=1S/C28H30F5N3O3/c29-26(30)39-21-7-5-19(6-8-21)27(11-12-27)25(38)36(23-16-35-13-9-18(23)10-14-35)22(24(34)37)15-17-1-3-20(4-2-17)28(31,32)33/h1-8,18,22-23,26H,9-16H2,(H2,34,37)/t22-,23+/m0/s1. The van der Waals surface area contributed by atoms with E-state index in [1.54, 1.807) is 17.0 Å². The molecule has 0 radical (unpaired) electrons. The molecule has 39 heavy (non-hydrogen) atoms. The first-order valence-corrected chi connectivity index (χ1v) is 13.0. The van der Waals surface area contributed by atoms with Crippen molar-refractivity contribution in [3.05, 3.63) is 65.2 Å². The average molecular weight is 552 g/mol. The van der Waals surface area contributed by atoms with Crippen LogP contribution in [-0.4, -0.2) is 59.9 Å². The molecule has 3 aliphatic heterocycles. The van der Waals surface area contributed by atoms with Gasteiger partial charge in [-0.25, -0.2) is 0 Å². The number of benzene rings is 2. The van der Waals surface area contributed by atoms with Gasteiger partial charge in [0.25, 0.3) is 0 Å². The molecule has 210 valence electrons. The van der Waals surface area contributed by atoms with Gasteiger partial charge in [0.15, 0.2) is 0 Å². The molecule has 3 saturated heterocycles. The fourth-order valence-electron chi connectivity index (χ4n) is 6.11. The van der Waals surface area contributed by atoms with E-state index in [4.69, 9.17) is 5.73 Å². The molecular weight excluding hydrogens is 521 g/mol. The Morgan fingerprint density at radius 1 is 1.03 bits per heavy atom. The number of carbonyl (C=O) groups is 2. The number of alkyl halides is 5. The van der Waals surface area contributed by atoms with E-state index in [9.17, 15) is 31.5 Å². The van der Waals surface area contributed by atoms with Crippen LogP contribution in [0.15, 0.2) is 48.5 Å². The highest BCUT2D eigenvalue weighted by Crippen LogP contribution is 2.51. The Morgan fingerprint density at radius 3 is 2.10 bits per heavy atom. The smallest absolute Gasteiger partial charge is 0.416 e. The van der Waals surface area contributed by atoms with Gasteiger partial charge in [-0.05, 0) is 80.1 Å². The van der Waals surface area contributed by atoms with Crippen LogP contribution in [0.5, 0.6) is 5.75 Å². The maximum absolute atomic E-state index is 14.4. The van der Waals surface area contributed by atoms with Gasteiger partial charge in [0.2, 0.25) is 11.8 Å². The van der Waals surface area contributed by atoms with Crippen molar-refractivity contribution in [2.24, 2.45) is 11.7 Å². The number of halogens is 5. The zero-order valence-corrected chi connectivity index (χ0v) is 21.2. The van der Waals surface area contributed by atoms with Gasteiger partial charge in [-0.15, -0.1) is 0 Å². The van der Waals surface area contributed by atoms with E-state index >= 15 is 0 Å². The van der Waals surface area contributed by atoms with Gasteiger partial charge in [0.1, 0.15) is 11.8 Å². The summed E-state index contributed by atoms with van der Waals surface area (Å²) in [5.41, 5.74) is 5.25. The lowest BCUT2D eigenvalue weighted by molar-refractivity contribution is -0.149. The normalized spacial score (nSPS) is 24.3. The molecule has 1 saturated carbocycles. The Morgan fingerprint density at radius 2 is 1.64 bits per heavy atom. The third-order valence-electron chi connectivity index (χ3n) is 8.38. The SMILES string of the molecule is NC(=O)[C@H](Cc1ccc(C(F)(F)F)cc1)N(C(=O)C1(c2ccc(OC(F)F)cc2)CC1)[C@@H]1CN2CCC1CC2. The van der Waals surface area contributed by atoms with Crippen molar-refractivity contribution in [2.45, 2.75) is 62.4 Å². The second-order valence-corrected chi connectivity index (χ2v) is 10.7. The Hall–Kier alpha value is -3.21. The van der Waals surface area contributed by atoms with Crippen LogP contribution in [0.2, 0.25) is 0 Å². The largest absolute Gasteiger partial charge is 0.435 e. The number of hydrogen-bond donors (Lipinski definition) is 1. The summed E-state index contributed by atoms with van der Waals surface area (Å²) in [4.78, 5) is 31.1. The lowest BCUT2D eigenvalue weighted by Crippen LogP contribution is -2.65. The number of hydrogen-bond acceptors (Lipinski definition) is 4. The molecule has 2 atom stereocenters. The van der Waals surface area contributed by atoms with Crippen molar-refractivity contribution >= 4 is 11.8 Å². The summed E-state index contributed by atoms with van der Waals surface area (Å²) in [5, 5.41) is 0. The number of primary amides is 1. The molecule has 4 fully saturated rings. The Labute approximate surface area is 222 Å². The number of fused-ring (bicyclic) bond motifs is 3. The number of carbonyl (C=O) groups excluding carboxylic acids is 2. The van der Waals surface area contributed by atoms with Crippen LogP contribution in [0.4, 0.5) is 22.0 Å². The first kappa shape index (κ1) is 27.4. The lowest BCUT2D eigenvalue weighted by Gasteiger charge is -2.51. The molecule has 0 unspecified atom stereocenters. The van der Waals surface area contributed by atoms with Gasteiger partial charge < -0.3 is 20.3 Å². The van der Waals surface area contributed by atoms with Gasteiger partial charge in [0.05, 0.1) is 11.0 Å². The fourth-order valence-corrected chi connectivity index (χ4v) is 6.11. The number of amides is 2. The van der Waals surface area contributed by atoms with Gasteiger partial charge in [0, 0.05) is 19.0 Å². The third-order valence-corrected chi connectivity index (χ3v) is 8.38. The molecule has 2 N–H and O–H groups in total. The first-order chi connectivity index (χ1) is 18.5. The van der Waals surface area contributed by atoms with Crippen LogP contribution in [0, 0.1) is 5.92 Å². The van der Waals surface area contributed by atoms with Crippen LogP contribution in [-0.2, 0) is 27.6 Å². The summed E-state index contributed by atoms with van der Waals surface area (Å²) >= 11 is 0. The van der Waals surface area contributed by atoms with Gasteiger partial charge in [-0.2, -0.15) is 22.0 Å². The highest BCUT2D eigenvalue weighted by atomic mass is 19.4. The van der Waals surface area contributed by atoms with Crippen LogP contribution in [0.1, 0.15) is 42.4 Å². The Balaban J connectivity index is 1.47. The minimum Gasteiger partial charge on any atom is -0.435 e. The quantitative estimate of drug-likeness (QED) is 0.470. The highest BCUT2D eigenvalue weighted by molar-refractivity contribution is 5.95. The summed E-state index contributed by atoms with van der Waals surface area (Å²) in [6.45, 7) is -0.578. The number of piperidine rings is 3. The first-order valence-electron chi connectivity index (χ1n) is 13.0. The van der Waals surface area contributed by atoms with Crippen LogP contribution in [0.3, 0.4) is 0 Å². The average Bonchev–Trinajstić information content (AvgIpc) is 3.71. The molecule has 2 amide bonds. The second-order valence-electron chi connectivity index (χ2n) is 10.7. The Kier molecular flexibility index (Phi) is 7.30. The van der Waals surface area contributed by atoms with E-state index in [1.807, 2.05) is 0 Å². The minimum absolute atomic E-state index is 0.0142. The number of nitrogens with zero attached hydrogens (tertiary/aromatic N) is 2. The van der Waals surface area contributed by atoms with Gasteiger partial charge >= 0.3 is 12.8 Å². The summed E-state index contributed by atoms with van der Waals surface area (Å²) in [7, 11) is 0. The molecule has 3 heterocycles. The zero-order valence-electron chi connectivity index (χ0n) is 21.2. The van der Waals surface area contributed by atoms with Crippen molar-refractivity contribution < 1.29 is 36.3 Å². The fraction of sp³-hybridized carbons (Fsp3) is 0.500. The summed E-state index contributed by atoms with van der Waals surface area (Å²) in [6.07, 6.45) is -1.73. The second kappa shape index (κ2) is 10.4. The van der Waals surface area contributed by atoms with Crippen molar-refractivity contribution in [3.8, 4) is 5.75 Å². The molecule has 2 aromatic rings. The predicted molar refractivity (Wildman–Crippen MR) is 132 cm³/mol. The molecule has 4 aliphatic rings. The van der Waals surface area contributed by atoms with E-state index in [0.717, 1.165) is 38.1 Å². The topological polar surface area (TPSA) is 75.9 Å². The van der Waals surface area contributed by atoms with E-state index in [0.29, 0.717) is 30.5 Å². The maximum atomic E-state index is 14.4. The van der Waals surface area contributed by atoms with Crippen LogP contribution in [0.25, 0.3) is 0 Å². The minimum atomic E-state index is -4.49. The zero-order chi connectivity index (χ0) is 27.9. The third kappa shape index (κ3) is 5.59. The molecule has 0 spiro atoms. The van der Waals surface area contributed by atoms with E-state index < -0.39 is 35.7 Å². The number of nitrogens with two attached hydrogens (primary N) is 1. The number of ether oxygens (including phenoxy) is 1. The molecule has 6 nitrogen and oxygen atoms in total. The van der Waals surface area contributed by atoms with Crippen molar-refractivity contribution in [1.29, 1.82) is 0 Å². The molecule has 2 aromatic carbocycles. The van der Waals surface area contributed by atoms with E-state index in [2.05, 4.69) is 9.64 Å². The summed E-state index contributed by atoms with van der Waals surface area (Å²) < 4.78 is 68.9. The molecular formula is C28H30F5N3O3. The van der Waals surface area contributed by atoms with Crippen LogP contribution >= 0.6 is 0 Å². The van der Waals surface area contributed by atoms with Crippen LogP contribution < -0.4 is 10.5 Å².